The average molecular weight is 529 g/mol. The molecule has 3 aliphatic rings. The second-order valence-electron chi connectivity index (χ2n) is 7.54. The van der Waals surface area contributed by atoms with Crippen molar-refractivity contribution in [2.75, 3.05) is 77.8 Å². The molecular formula is C19H37IN4O3S. The Hall–Kier alpha value is 0.190. The summed E-state index contributed by atoms with van der Waals surface area (Å²) >= 11 is 2.06. The molecule has 3 fully saturated rings. The van der Waals surface area contributed by atoms with Gasteiger partial charge in [-0.25, -0.2) is 0 Å². The van der Waals surface area contributed by atoms with Gasteiger partial charge in [0.05, 0.1) is 25.9 Å². The number of thioether (sulfide) groups is 1. The number of nitrogens with zero attached hydrogens (tertiary/aromatic N) is 2. The van der Waals surface area contributed by atoms with E-state index in [4.69, 9.17) is 14.2 Å². The Balaban J connectivity index is 0.00000280. The molecule has 0 saturated carbocycles. The third-order valence-electron chi connectivity index (χ3n) is 5.66. The van der Waals surface area contributed by atoms with Gasteiger partial charge in [-0.3, -0.25) is 9.89 Å². The van der Waals surface area contributed by atoms with Crippen LogP contribution < -0.4 is 10.6 Å². The van der Waals surface area contributed by atoms with Crippen molar-refractivity contribution in [3.63, 3.8) is 0 Å². The van der Waals surface area contributed by atoms with Crippen LogP contribution in [0.1, 0.15) is 25.7 Å². The molecule has 2 unspecified atom stereocenters. The van der Waals surface area contributed by atoms with Gasteiger partial charge in [0.25, 0.3) is 0 Å². The molecule has 164 valence electrons. The zero-order chi connectivity index (χ0) is 18.8. The highest BCUT2D eigenvalue weighted by atomic mass is 127. The van der Waals surface area contributed by atoms with Gasteiger partial charge in [0, 0.05) is 57.7 Å². The Kier molecular flexibility index (Phi) is 11.8. The predicted octanol–water partition coefficient (Wildman–Crippen LogP) is 1.56. The smallest absolute Gasteiger partial charge is 0.191 e. The average Bonchev–Trinajstić information content (AvgIpc) is 3.40. The lowest BCUT2D eigenvalue weighted by molar-refractivity contribution is -0.0120. The highest BCUT2D eigenvalue weighted by molar-refractivity contribution is 14.0. The van der Waals surface area contributed by atoms with Crippen LogP contribution in [0.15, 0.2) is 4.99 Å². The van der Waals surface area contributed by atoms with Crippen molar-refractivity contribution in [2.24, 2.45) is 4.99 Å². The number of halogens is 1. The molecule has 3 heterocycles. The molecule has 28 heavy (non-hydrogen) atoms. The molecule has 0 aromatic rings. The minimum absolute atomic E-state index is 0. The van der Waals surface area contributed by atoms with E-state index in [1.54, 1.807) is 0 Å². The Morgan fingerprint density at radius 1 is 1.29 bits per heavy atom. The van der Waals surface area contributed by atoms with Gasteiger partial charge in [0.15, 0.2) is 5.96 Å². The second-order valence-corrected chi connectivity index (χ2v) is 8.65. The molecule has 3 aliphatic heterocycles. The molecule has 0 bridgehead atoms. The molecular weight excluding hydrogens is 491 g/mol. The lowest BCUT2D eigenvalue weighted by Crippen LogP contribution is -2.60. The normalized spacial score (nSPS) is 28.9. The van der Waals surface area contributed by atoms with Crippen LogP contribution in [0.3, 0.4) is 0 Å². The number of morpholine rings is 1. The van der Waals surface area contributed by atoms with Crippen molar-refractivity contribution in [2.45, 2.75) is 37.3 Å². The summed E-state index contributed by atoms with van der Waals surface area (Å²) in [5.74, 6) is 3.32. The van der Waals surface area contributed by atoms with Crippen molar-refractivity contribution < 1.29 is 14.2 Å². The number of hydrogen-bond acceptors (Lipinski definition) is 6. The molecule has 0 radical (unpaired) electrons. The van der Waals surface area contributed by atoms with Crippen LogP contribution in [0.2, 0.25) is 0 Å². The van der Waals surface area contributed by atoms with Gasteiger partial charge >= 0.3 is 0 Å². The maximum Gasteiger partial charge on any atom is 0.191 e. The molecule has 0 aliphatic carbocycles. The fraction of sp³-hybridized carbons (Fsp3) is 0.947. The first kappa shape index (κ1) is 24.5. The summed E-state index contributed by atoms with van der Waals surface area (Å²) in [7, 11) is 1.84. The summed E-state index contributed by atoms with van der Waals surface area (Å²) in [5, 5.41) is 6.99. The summed E-state index contributed by atoms with van der Waals surface area (Å²) in [6, 6.07) is 0. The van der Waals surface area contributed by atoms with E-state index in [0.29, 0.717) is 6.10 Å². The van der Waals surface area contributed by atoms with E-state index in [1.807, 2.05) is 7.05 Å². The van der Waals surface area contributed by atoms with Crippen LogP contribution in [0.5, 0.6) is 0 Å². The van der Waals surface area contributed by atoms with Crippen molar-refractivity contribution in [3.05, 3.63) is 0 Å². The number of nitrogens with one attached hydrogen (secondary N) is 2. The highest BCUT2D eigenvalue weighted by Crippen LogP contribution is 2.33. The van der Waals surface area contributed by atoms with Crippen LogP contribution >= 0.6 is 35.7 Å². The first-order chi connectivity index (χ1) is 13.3. The number of rotatable bonds is 9. The minimum Gasteiger partial charge on any atom is -0.379 e. The van der Waals surface area contributed by atoms with E-state index in [0.717, 1.165) is 78.0 Å². The first-order valence-corrected chi connectivity index (χ1v) is 11.5. The summed E-state index contributed by atoms with van der Waals surface area (Å²) in [4.78, 5) is 7.01. The number of guanidine groups is 1. The minimum atomic E-state index is 0. The summed E-state index contributed by atoms with van der Waals surface area (Å²) in [5.41, 5.74) is 0.233. The third kappa shape index (κ3) is 7.46. The Morgan fingerprint density at radius 2 is 2.14 bits per heavy atom. The second kappa shape index (κ2) is 13.5. The zero-order valence-corrected chi connectivity index (χ0v) is 20.3. The molecule has 0 spiro atoms. The largest absolute Gasteiger partial charge is 0.379 e. The van der Waals surface area contributed by atoms with Crippen LogP contribution in [0, 0.1) is 0 Å². The van der Waals surface area contributed by atoms with Crippen molar-refractivity contribution in [1.82, 2.24) is 15.5 Å². The molecule has 3 rings (SSSR count). The first-order valence-electron chi connectivity index (χ1n) is 10.4. The molecule has 7 nitrogen and oxygen atoms in total. The molecule has 0 aromatic heterocycles. The van der Waals surface area contributed by atoms with Gasteiger partial charge in [0.2, 0.25) is 0 Å². The van der Waals surface area contributed by atoms with E-state index < -0.39 is 0 Å². The Morgan fingerprint density at radius 3 is 2.82 bits per heavy atom. The lowest BCUT2D eigenvalue weighted by atomic mass is 9.95. The van der Waals surface area contributed by atoms with E-state index in [9.17, 15) is 0 Å². The van der Waals surface area contributed by atoms with Crippen LogP contribution in [0.25, 0.3) is 0 Å². The predicted molar refractivity (Wildman–Crippen MR) is 126 cm³/mol. The van der Waals surface area contributed by atoms with E-state index in [2.05, 4.69) is 32.3 Å². The standard InChI is InChI=1S/C19H36N4O3S.HI/c1-20-18(21-6-3-9-25-14-17-4-2-10-26-17)22-15-19(5-13-27-16-19)23-7-11-24-12-8-23;/h17H,2-16H2,1H3,(H2,20,21,22);1H. The molecule has 3 saturated heterocycles. The summed E-state index contributed by atoms with van der Waals surface area (Å²) in [6.07, 6.45) is 4.82. The van der Waals surface area contributed by atoms with Crippen molar-refractivity contribution >= 4 is 41.7 Å². The molecule has 2 N–H and O–H groups in total. The zero-order valence-electron chi connectivity index (χ0n) is 17.1. The van der Waals surface area contributed by atoms with Crippen LogP contribution in [-0.2, 0) is 14.2 Å². The van der Waals surface area contributed by atoms with Crippen molar-refractivity contribution in [1.29, 1.82) is 0 Å². The Bertz CT molecular complexity index is 454. The lowest BCUT2D eigenvalue weighted by Gasteiger charge is -2.43. The number of aliphatic imine (C=N–C) groups is 1. The van der Waals surface area contributed by atoms with Gasteiger partial charge in [-0.05, 0) is 31.4 Å². The number of hydrogen-bond donors (Lipinski definition) is 2. The molecule has 2 atom stereocenters. The summed E-state index contributed by atoms with van der Waals surface area (Å²) < 4.78 is 16.8. The van der Waals surface area contributed by atoms with Gasteiger partial charge in [0.1, 0.15) is 0 Å². The molecule has 0 aromatic carbocycles. The van der Waals surface area contributed by atoms with Crippen molar-refractivity contribution in [3.8, 4) is 0 Å². The van der Waals surface area contributed by atoms with E-state index in [-0.39, 0.29) is 29.5 Å². The maximum atomic E-state index is 5.72. The van der Waals surface area contributed by atoms with E-state index >= 15 is 0 Å². The topological polar surface area (TPSA) is 67.4 Å². The van der Waals surface area contributed by atoms with Gasteiger partial charge in [-0.2, -0.15) is 11.8 Å². The Labute approximate surface area is 191 Å². The molecule has 9 heteroatoms. The van der Waals surface area contributed by atoms with Gasteiger partial charge < -0.3 is 24.8 Å². The molecule has 0 amide bonds. The quantitative estimate of drug-likeness (QED) is 0.204. The fourth-order valence-corrected chi connectivity index (χ4v) is 5.45. The van der Waals surface area contributed by atoms with E-state index in [1.165, 1.54) is 24.3 Å². The van der Waals surface area contributed by atoms with Gasteiger partial charge in [-0.1, -0.05) is 0 Å². The monoisotopic (exact) mass is 528 g/mol. The maximum absolute atomic E-state index is 5.72. The number of ether oxygens (including phenoxy) is 3. The SMILES string of the molecule is CN=C(NCCCOCC1CCCO1)NCC1(N2CCOCC2)CCSC1.I. The fourth-order valence-electron chi connectivity index (χ4n) is 3.98. The highest BCUT2D eigenvalue weighted by Gasteiger charge is 2.40. The van der Waals surface area contributed by atoms with Crippen LogP contribution in [0.4, 0.5) is 0 Å². The van der Waals surface area contributed by atoms with Gasteiger partial charge in [-0.15, -0.1) is 24.0 Å². The van der Waals surface area contributed by atoms with Crippen LogP contribution in [-0.4, -0.2) is 100 Å². The third-order valence-corrected chi connectivity index (χ3v) is 6.89. The summed E-state index contributed by atoms with van der Waals surface area (Å²) in [6.45, 7) is 7.97.